The number of carbonyl (C=O) groups is 1. The van der Waals surface area contributed by atoms with E-state index in [1.54, 1.807) is 40.3 Å². The van der Waals surface area contributed by atoms with Crippen molar-refractivity contribution in [1.82, 2.24) is 15.5 Å². The van der Waals surface area contributed by atoms with Gasteiger partial charge in [-0.2, -0.15) is 0 Å². The molecule has 0 heterocycles. The lowest BCUT2D eigenvalue weighted by Gasteiger charge is -2.15. The third-order valence-corrected chi connectivity index (χ3v) is 5.84. The molecule has 0 fully saturated rings. The first kappa shape index (κ1) is 27.7. The number of nitrogens with zero attached hydrogens (tertiary/aromatic N) is 2. The second-order valence-electron chi connectivity index (χ2n) is 7.38. The van der Waals surface area contributed by atoms with Crippen LogP contribution >= 0.6 is 24.0 Å². The minimum atomic E-state index is -3.26. The van der Waals surface area contributed by atoms with E-state index in [1.807, 2.05) is 30.3 Å². The number of halogens is 1. The smallest absolute Gasteiger partial charge is 0.241 e. The van der Waals surface area contributed by atoms with Crippen LogP contribution in [0.15, 0.2) is 52.4 Å². The number of guanidine groups is 1. The molecule has 2 N–H and O–H groups in total. The van der Waals surface area contributed by atoms with Gasteiger partial charge in [0.15, 0.2) is 15.8 Å². The normalized spacial score (nSPS) is 11.3. The number of rotatable bonds is 8. The number of methoxy groups -OCH3 is 1. The Morgan fingerprint density at radius 1 is 1.06 bits per heavy atom. The number of sulfone groups is 1. The van der Waals surface area contributed by atoms with Gasteiger partial charge in [-0.15, -0.1) is 24.0 Å². The van der Waals surface area contributed by atoms with E-state index in [0.717, 1.165) is 16.9 Å². The highest BCUT2D eigenvalue weighted by atomic mass is 127. The van der Waals surface area contributed by atoms with E-state index in [4.69, 9.17) is 4.74 Å². The molecule has 2 rings (SSSR count). The fourth-order valence-electron chi connectivity index (χ4n) is 2.82. The summed E-state index contributed by atoms with van der Waals surface area (Å²) >= 11 is 0. The third kappa shape index (κ3) is 8.65. The van der Waals surface area contributed by atoms with Crippen molar-refractivity contribution < 1.29 is 17.9 Å². The Hall–Kier alpha value is -2.34. The second-order valence-corrected chi connectivity index (χ2v) is 9.36. The Bertz CT molecular complexity index is 1040. The van der Waals surface area contributed by atoms with Crippen molar-refractivity contribution in [3.63, 3.8) is 0 Å². The zero-order valence-electron chi connectivity index (χ0n) is 19.0. The number of aryl methyl sites for hydroxylation is 1. The molecule has 32 heavy (non-hydrogen) atoms. The van der Waals surface area contributed by atoms with Gasteiger partial charge in [-0.05, 0) is 41.8 Å². The van der Waals surface area contributed by atoms with Gasteiger partial charge in [-0.3, -0.25) is 4.79 Å². The van der Waals surface area contributed by atoms with E-state index in [0.29, 0.717) is 29.5 Å². The molecular formula is C22H31IN4O4S. The maximum Gasteiger partial charge on any atom is 0.241 e. The summed E-state index contributed by atoms with van der Waals surface area (Å²) in [6.07, 6.45) is 1.19. The lowest BCUT2D eigenvalue weighted by molar-refractivity contribution is -0.127. The predicted octanol–water partition coefficient (Wildman–Crippen LogP) is 2.35. The molecule has 176 valence electrons. The SMILES string of the molecule is COc1ccc(CNC(=NCc2ccc(S(C)(=O)=O)c(C)c2)NCC(=O)N(C)C)cc1.I. The summed E-state index contributed by atoms with van der Waals surface area (Å²) in [6.45, 7) is 2.71. The highest BCUT2D eigenvalue weighted by molar-refractivity contribution is 14.0. The Morgan fingerprint density at radius 2 is 1.69 bits per heavy atom. The molecule has 0 aliphatic carbocycles. The third-order valence-electron chi connectivity index (χ3n) is 4.58. The zero-order chi connectivity index (χ0) is 23.0. The van der Waals surface area contributed by atoms with Crippen LogP contribution < -0.4 is 15.4 Å². The number of hydrogen-bond donors (Lipinski definition) is 2. The van der Waals surface area contributed by atoms with Gasteiger partial charge in [-0.1, -0.05) is 24.3 Å². The van der Waals surface area contributed by atoms with Crippen molar-refractivity contribution >= 4 is 45.7 Å². The van der Waals surface area contributed by atoms with Gasteiger partial charge in [0.05, 0.1) is 25.1 Å². The van der Waals surface area contributed by atoms with E-state index in [-0.39, 0.29) is 36.4 Å². The average molecular weight is 574 g/mol. The van der Waals surface area contributed by atoms with E-state index in [9.17, 15) is 13.2 Å². The number of nitrogens with one attached hydrogen (secondary N) is 2. The van der Waals surface area contributed by atoms with Gasteiger partial charge < -0.3 is 20.3 Å². The van der Waals surface area contributed by atoms with Crippen molar-refractivity contribution in [2.24, 2.45) is 4.99 Å². The molecule has 8 nitrogen and oxygen atoms in total. The molecule has 1 amide bonds. The summed E-state index contributed by atoms with van der Waals surface area (Å²) in [4.78, 5) is 18.3. The van der Waals surface area contributed by atoms with Crippen LogP contribution in [0.2, 0.25) is 0 Å². The highest BCUT2D eigenvalue weighted by Gasteiger charge is 2.11. The Balaban J connectivity index is 0.00000512. The van der Waals surface area contributed by atoms with E-state index < -0.39 is 9.84 Å². The molecule has 0 aliphatic heterocycles. The predicted molar refractivity (Wildman–Crippen MR) is 137 cm³/mol. The second kappa shape index (κ2) is 12.6. The molecule has 0 bridgehead atoms. The first-order chi connectivity index (χ1) is 14.6. The molecule has 0 unspecified atom stereocenters. The number of carbonyl (C=O) groups excluding carboxylic acids is 1. The van der Waals surface area contributed by atoms with Gasteiger partial charge >= 0.3 is 0 Å². The molecule has 0 radical (unpaired) electrons. The van der Waals surface area contributed by atoms with Crippen molar-refractivity contribution in [3.05, 3.63) is 59.2 Å². The fraction of sp³-hybridized carbons (Fsp3) is 0.364. The van der Waals surface area contributed by atoms with Crippen molar-refractivity contribution in [2.75, 3.05) is 34.0 Å². The van der Waals surface area contributed by atoms with E-state index in [2.05, 4.69) is 15.6 Å². The summed E-state index contributed by atoms with van der Waals surface area (Å²) < 4.78 is 28.8. The molecule has 0 saturated heterocycles. The molecule has 0 aliphatic rings. The highest BCUT2D eigenvalue weighted by Crippen LogP contribution is 2.17. The molecule has 0 saturated carbocycles. The van der Waals surface area contributed by atoms with Crippen LogP contribution in [0.1, 0.15) is 16.7 Å². The van der Waals surface area contributed by atoms with Gasteiger partial charge in [0, 0.05) is 26.9 Å². The first-order valence-corrected chi connectivity index (χ1v) is 11.6. The number of ether oxygens (including phenoxy) is 1. The largest absolute Gasteiger partial charge is 0.497 e. The van der Waals surface area contributed by atoms with Gasteiger partial charge in [-0.25, -0.2) is 13.4 Å². The van der Waals surface area contributed by atoms with E-state index in [1.165, 1.54) is 11.2 Å². The lowest BCUT2D eigenvalue weighted by Crippen LogP contribution is -2.42. The number of aliphatic imine (C=N–C) groups is 1. The van der Waals surface area contributed by atoms with Crippen LogP contribution in [-0.4, -0.2) is 59.2 Å². The van der Waals surface area contributed by atoms with Gasteiger partial charge in [0.1, 0.15) is 5.75 Å². The summed E-state index contributed by atoms with van der Waals surface area (Å²) in [5.41, 5.74) is 2.58. The average Bonchev–Trinajstić information content (AvgIpc) is 2.72. The number of amides is 1. The van der Waals surface area contributed by atoms with Crippen LogP contribution in [0.3, 0.4) is 0 Å². The van der Waals surface area contributed by atoms with Gasteiger partial charge in [0.25, 0.3) is 0 Å². The monoisotopic (exact) mass is 574 g/mol. The fourth-order valence-corrected chi connectivity index (χ4v) is 3.78. The van der Waals surface area contributed by atoms with Crippen LogP contribution in [0.4, 0.5) is 0 Å². The maximum atomic E-state index is 12.0. The molecule has 10 heteroatoms. The topological polar surface area (TPSA) is 100 Å². The van der Waals surface area contributed by atoms with Crippen LogP contribution in [0.25, 0.3) is 0 Å². The van der Waals surface area contributed by atoms with Gasteiger partial charge in [0.2, 0.25) is 5.91 Å². The minimum Gasteiger partial charge on any atom is -0.497 e. The Kier molecular flexibility index (Phi) is 10.9. The summed E-state index contributed by atoms with van der Waals surface area (Å²) in [5.74, 6) is 1.18. The zero-order valence-corrected chi connectivity index (χ0v) is 22.2. The Morgan fingerprint density at radius 3 is 2.22 bits per heavy atom. The lowest BCUT2D eigenvalue weighted by atomic mass is 10.1. The summed E-state index contributed by atoms with van der Waals surface area (Å²) in [5, 5.41) is 6.26. The minimum absolute atomic E-state index is 0. The van der Waals surface area contributed by atoms with Crippen molar-refractivity contribution in [3.8, 4) is 5.75 Å². The maximum absolute atomic E-state index is 12.0. The summed E-state index contributed by atoms with van der Waals surface area (Å²) in [7, 11) is 1.74. The van der Waals surface area contributed by atoms with Crippen molar-refractivity contribution in [1.29, 1.82) is 0 Å². The van der Waals surface area contributed by atoms with Crippen LogP contribution in [0, 0.1) is 6.92 Å². The molecule has 0 spiro atoms. The quantitative estimate of drug-likeness (QED) is 0.286. The number of benzene rings is 2. The van der Waals surface area contributed by atoms with Crippen molar-refractivity contribution in [2.45, 2.75) is 24.9 Å². The number of hydrogen-bond acceptors (Lipinski definition) is 5. The van der Waals surface area contributed by atoms with E-state index >= 15 is 0 Å². The van der Waals surface area contributed by atoms with Crippen LogP contribution in [0.5, 0.6) is 5.75 Å². The summed E-state index contributed by atoms with van der Waals surface area (Å²) in [6, 6.07) is 12.8. The number of likely N-dealkylation sites (N-methyl/N-ethyl adjacent to an activating group) is 1. The molecule has 0 aromatic heterocycles. The Labute approximate surface area is 207 Å². The molecule has 2 aromatic rings. The molecular weight excluding hydrogens is 543 g/mol. The first-order valence-electron chi connectivity index (χ1n) is 9.75. The molecule has 2 aromatic carbocycles. The van der Waals surface area contributed by atoms with Crippen LogP contribution in [-0.2, 0) is 27.7 Å². The molecule has 0 atom stereocenters. The standard InChI is InChI=1S/C22H30N4O4S.HI/c1-16-12-18(8-11-20(16)31(5,28)29)14-24-22(25-15-21(27)26(2)3)23-13-17-6-9-19(30-4)10-7-17;/h6-12H,13-15H2,1-5H3,(H2,23,24,25);1H.